The number of aryl methyl sites for hydroxylation is 1. The molecule has 8 heteroatoms. The van der Waals surface area contributed by atoms with Gasteiger partial charge in [0.15, 0.2) is 5.82 Å². The van der Waals surface area contributed by atoms with Gasteiger partial charge in [0.1, 0.15) is 5.52 Å². The molecule has 0 radical (unpaired) electrons. The summed E-state index contributed by atoms with van der Waals surface area (Å²) in [6.45, 7) is 5.41. The number of fused-ring (bicyclic) bond motifs is 1. The molecule has 140 valence electrons. The number of hydrogen-bond donors (Lipinski definition) is 0. The Morgan fingerprint density at radius 2 is 1.64 bits per heavy atom. The standard InChI is InChI=1S/C20H20N8/c1-15-14-18-19(22-8-9-28(18)25-15)26-10-12-27(13-11-26)20-23-7-4-17(24-20)16-2-5-21-6-3-16/h2-9,14H,10-13H2,1H3. The van der Waals surface area contributed by atoms with E-state index in [1.165, 1.54) is 0 Å². The highest BCUT2D eigenvalue weighted by atomic mass is 15.3. The first-order chi connectivity index (χ1) is 13.8. The molecule has 8 nitrogen and oxygen atoms in total. The molecule has 5 rings (SSSR count). The van der Waals surface area contributed by atoms with Gasteiger partial charge in [-0.1, -0.05) is 0 Å². The summed E-state index contributed by atoms with van der Waals surface area (Å²) in [5.74, 6) is 1.74. The summed E-state index contributed by atoms with van der Waals surface area (Å²) in [5, 5.41) is 4.48. The number of aromatic nitrogens is 6. The van der Waals surface area contributed by atoms with Crippen LogP contribution in [-0.4, -0.2) is 55.7 Å². The van der Waals surface area contributed by atoms with Gasteiger partial charge in [0.25, 0.3) is 0 Å². The molecule has 1 fully saturated rings. The maximum atomic E-state index is 4.76. The Kier molecular flexibility index (Phi) is 4.08. The van der Waals surface area contributed by atoms with Crippen LogP contribution in [-0.2, 0) is 0 Å². The minimum absolute atomic E-state index is 0.764. The lowest BCUT2D eigenvalue weighted by Crippen LogP contribution is -2.47. The van der Waals surface area contributed by atoms with Gasteiger partial charge in [-0.3, -0.25) is 4.98 Å². The van der Waals surface area contributed by atoms with Crippen molar-refractivity contribution in [2.24, 2.45) is 0 Å². The normalized spacial score (nSPS) is 14.6. The number of pyridine rings is 1. The first-order valence-electron chi connectivity index (χ1n) is 9.32. The van der Waals surface area contributed by atoms with Gasteiger partial charge in [0.05, 0.1) is 11.4 Å². The van der Waals surface area contributed by atoms with Crippen LogP contribution in [0.4, 0.5) is 11.8 Å². The molecule has 0 amide bonds. The van der Waals surface area contributed by atoms with Crippen molar-refractivity contribution in [2.75, 3.05) is 36.0 Å². The smallest absolute Gasteiger partial charge is 0.225 e. The fourth-order valence-electron chi connectivity index (χ4n) is 3.58. The predicted octanol–water partition coefficient (Wildman–Crippen LogP) is 2.22. The second-order valence-electron chi connectivity index (χ2n) is 6.82. The zero-order chi connectivity index (χ0) is 18.9. The molecule has 0 aliphatic carbocycles. The second kappa shape index (κ2) is 6.88. The maximum Gasteiger partial charge on any atom is 0.225 e. The molecule has 1 aliphatic heterocycles. The Bertz CT molecular complexity index is 1100. The quantitative estimate of drug-likeness (QED) is 0.546. The van der Waals surface area contributed by atoms with Crippen LogP contribution in [0.5, 0.6) is 0 Å². The van der Waals surface area contributed by atoms with Crippen molar-refractivity contribution in [1.82, 2.24) is 29.5 Å². The highest BCUT2D eigenvalue weighted by Crippen LogP contribution is 2.23. The average Bonchev–Trinajstić information content (AvgIpc) is 3.15. The molecular weight excluding hydrogens is 352 g/mol. The molecule has 4 aromatic rings. The first kappa shape index (κ1) is 16.6. The van der Waals surface area contributed by atoms with Crippen LogP contribution in [0.1, 0.15) is 5.69 Å². The highest BCUT2D eigenvalue weighted by molar-refractivity contribution is 5.69. The van der Waals surface area contributed by atoms with Crippen molar-refractivity contribution in [1.29, 1.82) is 0 Å². The lowest BCUT2D eigenvalue weighted by atomic mass is 10.2. The molecule has 0 aromatic carbocycles. The third kappa shape index (κ3) is 3.02. The van der Waals surface area contributed by atoms with Gasteiger partial charge in [-0.25, -0.2) is 19.5 Å². The van der Waals surface area contributed by atoms with Crippen molar-refractivity contribution < 1.29 is 0 Å². The van der Waals surface area contributed by atoms with E-state index in [0.717, 1.165) is 60.4 Å². The number of hydrogen-bond acceptors (Lipinski definition) is 7. The number of rotatable bonds is 3. The molecular formula is C20H20N8. The Morgan fingerprint density at radius 1 is 0.857 bits per heavy atom. The van der Waals surface area contributed by atoms with Crippen LogP contribution in [0.15, 0.2) is 55.2 Å². The van der Waals surface area contributed by atoms with Gasteiger partial charge in [0, 0.05) is 62.7 Å². The monoisotopic (exact) mass is 372 g/mol. The summed E-state index contributed by atoms with van der Waals surface area (Å²) < 4.78 is 1.89. The largest absolute Gasteiger partial charge is 0.351 e. The average molecular weight is 372 g/mol. The molecule has 0 unspecified atom stereocenters. The van der Waals surface area contributed by atoms with Gasteiger partial charge < -0.3 is 9.80 Å². The minimum atomic E-state index is 0.764. The maximum absolute atomic E-state index is 4.76. The minimum Gasteiger partial charge on any atom is -0.351 e. The van der Waals surface area contributed by atoms with Gasteiger partial charge in [0.2, 0.25) is 5.95 Å². The number of nitrogens with zero attached hydrogens (tertiary/aromatic N) is 8. The van der Waals surface area contributed by atoms with E-state index in [9.17, 15) is 0 Å². The lowest BCUT2D eigenvalue weighted by Gasteiger charge is -2.35. The van der Waals surface area contributed by atoms with Gasteiger partial charge >= 0.3 is 0 Å². The van der Waals surface area contributed by atoms with E-state index in [0.29, 0.717) is 0 Å². The van der Waals surface area contributed by atoms with E-state index in [1.54, 1.807) is 12.4 Å². The Hall–Kier alpha value is -3.55. The molecule has 0 atom stereocenters. The lowest BCUT2D eigenvalue weighted by molar-refractivity contribution is 0.635. The topological polar surface area (TPSA) is 75.3 Å². The molecule has 0 bridgehead atoms. The van der Waals surface area contributed by atoms with E-state index in [-0.39, 0.29) is 0 Å². The number of anilines is 2. The molecule has 0 N–H and O–H groups in total. The SMILES string of the molecule is Cc1cc2c(N3CCN(c4nccc(-c5ccncc5)n4)CC3)nccn2n1. The predicted molar refractivity (Wildman–Crippen MR) is 107 cm³/mol. The number of piperazine rings is 1. The summed E-state index contributed by atoms with van der Waals surface area (Å²) in [7, 11) is 0. The molecule has 0 saturated carbocycles. The summed E-state index contributed by atoms with van der Waals surface area (Å²) in [4.78, 5) is 22.5. The van der Waals surface area contributed by atoms with Crippen LogP contribution in [0.25, 0.3) is 16.8 Å². The molecule has 0 spiro atoms. The van der Waals surface area contributed by atoms with Crippen molar-refractivity contribution in [3.8, 4) is 11.3 Å². The zero-order valence-corrected chi connectivity index (χ0v) is 15.6. The molecule has 1 aliphatic rings. The summed E-state index contributed by atoms with van der Waals surface area (Å²) in [6.07, 6.45) is 9.08. The van der Waals surface area contributed by atoms with Crippen molar-refractivity contribution in [3.05, 3.63) is 60.9 Å². The van der Waals surface area contributed by atoms with E-state index in [4.69, 9.17) is 4.98 Å². The third-order valence-corrected chi connectivity index (χ3v) is 4.97. The molecule has 28 heavy (non-hydrogen) atoms. The van der Waals surface area contributed by atoms with Crippen LogP contribution >= 0.6 is 0 Å². The first-order valence-corrected chi connectivity index (χ1v) is 9.32. The van der Waals surface area contributed by atoms with Gasteiger partial charge in [-0.2, -0.15) is 5.10 Å². The molecule has 1 saturated heterocycles. The van der Waals surface area contributed by atoms with Crippen molar-refractivity contribution in [3.63, 3.8) is 0 Å². The second-order valence-corrected chi connectivity index (χ2v) is 6.82. The molecule has 5 heterocycles. The third-order valence-electron chi connectivity index (χ3n) is 4.97. The van der Waals surface area contributed by atoms with Crippen molar-refractivity contribution in [2.45, 2.75) is 6.92 Å². The van der Waals surface area contributed by atoms with E-state index in [2.05, 4.69) is 35.9 Å². The highest BCUT2D eigenvalue weighted by Gasteiger charge is 2.22. The van der Waals surface area contributed by atoms with E-state index < -0.39 is 0 Å². The van der Waals surface area contributed by atoms with E-state index >= 15 is 0 Å². The Balaban J connectivity index is 1.35. The zero-order valence-electron chi connectivity index (χ0n) is 15.6. The summed E-state index contributed by atoms with van der Waals surface area (Å²) in [6, 6.07) is 7.94. The fraction of sp³-hybridized carbons (Fsp3) is 0.250. The van der Waals surface area contributed by atoms with E-state index in [1.807, 2.05) is 48.2 Å². The molecule has 4 aromatic heterocycles. The van der Waals surface area contributed by atoms with Gasteiger partial charge in [-0.05, 0) is 31.2 Å². The Morgan fingerprint density at radius 3 is 2.46 bits per heavy atom. The van der Waals surface area contributed by atoms with Crippen LogP contribution in [0.3, 0.4) is 0 Å². The fourth-order valence-corrected chi connectivity index (χ4v) is 3.58. The van der Waals surface area contributed by atoms with Crippen molar-refractivity contribution >= 4 is 17.3 Å². The summed E-state index contributed by atoms with van der Waals surface area (Å²) in [5.41, 5.74) is 4.00. The summed E-state index contributed by atoms with van der Waals surface area (Å²) >= 11 is 0. The Labute approximate surface area is 162 Å². The van der Waals surface area contributed by atoms with Crippen LogP contribution in [0, 0.1) is 6.92 Å². The van der Waals surface area contributed by atoms with Crippen LogP contribution < -0.4 is 9.80 Å². The van der Waals surface area contributed by atoms with Gasteiger partial charge in [-0.15, -0.1) is 0 Å². The van der Waals surface area contributed by atoms with Crippen LogP contribution in [0.2, 0.25) is 0 Å².